The van der Waals surface area contributed by atoms with Gasteiger partial charge >= 0.3 is 0 Å². The van der Waals surface area contributed by atoms with Crippen LogP contribution in [-0.4, -0.2) is 47.1 Å². The zero-order chi connectivity index (χ0) is 14.6. The van der Waals surface area contributed by atoms with Crippen LogP contribution in [0.2, 0.25) is 0 Å². The minimum Gasteiger partial charge on any atom is -0.409 e. The normalized spacial score (nSPS) is 13.6. The standard InChI is InChI=1S/C12H23N5O2/c1-6-17(8(2)7-19-5)12-10(11(13)15-18)9(3)14-16(12)4/h8,18H,6-7H2,1-5H3,(H2,13,15). The largest absolute Gasteiger partial charge is 0.409 e. The average molecular weight is 269 g/mol. The molecular formula is C12H23N5O2. The third-order valence-corrected chi connectivity index (χ3v) is 3.11. The first-order valence-electron chi connectivity index (χ1n) is 6.24. The number of oxime groups is 1. The summed E-state index contributed by atoms with van der Waals surface area (Å²) in [6.07, 6.45) is 0. The molecule has 1 atom stereocenters. The van der Waals surface area contributed by atoms with Gasteiger partial charge in [0.25, 0.3) is 0 Å². The Hall–Kier alpha value is -1.76. The van der Waals surface area contributed by atoms with Crippen molar-refractivity contribution < 1.29 is 9.94 Å². The molecule has 3 N–H and O–H groups in total. The molecule has 0 radical (unpaired) electrons. The summed E-state index contributed by atoms with van der Waals surface area (Å²) in [5.74, 6) is 0.906. The van der Waals surface area contributed by atoms with Crippen LogP contribution in [-0.2, 0) is 11.8 Å². The van der Waals surface area contributed by atoms with E-state index in [1.807, 2.05) is 20.9 Å². The van der Waals surface area contributed by atoms with Crippen molar-refractivity contribution in [3.05, 3.63) is 11.3 Å². The van der Waals surface area contributed by atoms with Gasteiger partial charge in [0.15, 0.2) is 5.84 Å². The first-order chi connectivity index (χ1) is 8.97. The first kappa shape index (κ1) is 15.3. The van der Waals surface area contributed by atoms with Crippen LogP contribution >= 0.6 is 0 Å². The molecule has 0 spiro atoms. The summed E-state index contributed by atoms with van der Waals surface area (Å²) in [6, 6.07) is 0.162. The molecule has 1 heterocycles. The molecule has 0 bridgehead atoms. The van der Waals surface area contributed by atoms with Crippen LogP contribution in [0.15, 0.2) is 5.16 Å². The van der Waals surface area contributed by atoms with Crippen molar-refractivity contribution in [1.82, 2.24) is 9.78 Å². The maximum Gasteiger partial charge on any atom is 0.175 e. The number of hydrogen-bond acceptors (Lipinski definition) is 5. The van der Waals surface area contributed by atoms with Crippen LogP contribution in [0.1, 0.15) is 25.1 Å². The fraction of sp³-hybridized carbons (Fsp3) is 0.667. The summed E-state index contributed by atoms with van der Waals surface area (Å²) in [7, 11) is 3.52. The smallest absolute Gasteiger partial charge is 0.175 e. The third kappa shape index (κ3) is 2.98. The van der Waals surface area contributed by atoms with Crippen molar-refractivity contribution in [3.8, 4) is 0 Å². The van der Waals surface area contributed by atoms with E-state index >= 15 is 0 Å². The Bertz CT molecular complexity index is 455. The van der Waals surface area contributed by atoms with E-state index in [0.717, 1.165) is 18.1 Å². The van der Waals surface area contributed by atoms with Gasteiger partial charge in [-0.05, 0) is 20.8 Å². The van der Waals surface area contributed by atoms with Crippen molar-refractivity contribution in [2.24, 2.45) is 17.9 Å². The summed E-state index contributed by atoms with van der Waals surface area (Å²) in [5, 5.41) is 16.4. The van der Waals surface area contributed by atoms with Gasteiger partial charge in [0.05, 0.1) is 23.9 Å². The Balaban J connectivity index is 3.31. The molecule has 0 saturated carbocycles. The second kappa shape index (κ2) is 6.42. The van der Waals surface area contributed by atoms with Gasteiger partial charge in [-0.25, -0.2) is 0 Å². The van der Waals surface area contributed by atoms with Crippen LogP contribution in [0.4, 0.5) is 5.82 Å². The minimum absolute atomic E-state index is 0.0728. The molecule has 7 nitrogen and oxygen atoms in total. The number of amidine groups is 1. The minimum atomic E-state index is 0.0728. The zero-order valence-corrected chi connectivity index (χ0v) is 12.2. The lowest BCUT2D eigenvalue weighted by atomic mass is 10.2. The highest BCUT2D eigenvalue weighted by Crippen LogP contribution is 2.24. The zero-order valence-electron chi connectivity index (χ0n) is 12.2. The number of aromatic nitrogens is 2. The monoisotopic (exact) mass is 269 g/mol. The number of ether oxygens (including phenoxy) is 1. The van der Waals surface area contributed by atoms with E-state index in [9.17, 15) is 0 Å². The maximum atomic E-state index is 8.93. The number of anilines is 1. The van der Waals surface area contributed by atoms with Gasteiger partial charge in [-0.1, -0.05) is 5.16 Å². The molecule has 7 heteroatoms. The molecule has 1 aromatic heterocycles. The highest BCUT2D eigenvalue weighted by atomic mass is 16.5. The lowest BCUT2D eigenvalue weighted by Crippen LogP contribution is -2.38. The Labute approximate surface area is 113 Å². The molecule has 108 valence electrons. The average Bonchev–Trinajstić information content (AvgIpc) is 2.65. The van der Waals surface area contributed by atoms with Crippen molar-refractivity contribution >= 4 is 11.7 Å². The summed E-state index contributed by atoms with van der Waals surface area (Å²) < 4.78 is 6.95. The summed E-state index contributed by atoms with van der Waals surface area (Å²) in [4.78, 5) is 2.12. The number of likely N-dealkylation sites (N-methyl/N-ethyl adjacent to an activating group) is 1. The van der Waals surface area contributed by atoms with Crippen molar-refractivity contribution in [3.63, 3.8) is 0 Å². The number of rotatable bonds is 6. The molecule has 19 heavy (non-hydrogen) atoms. The fourth-order valence-corrected chi connectivity index (χ4v) is 2.33. The number of nitrogens with zero attached hydrogens (tertiary/aromatic N) is 4. The molecule has 1 aromatic rings. The molecule has 0 aromatic carbocycles. The first-order valence-corrected chi connectivity index (χ1v) is 6.24. The van der Waals surface area contributed by atoms with E-state index in [1.165, 1.54) is 0 Å². The molecule has 0 fully saturated rings. The molecule has 0 aliphatic heterocycles. The van der Waals surface area contributed by atoms with Crippen LogP contribution in [0, 0.1) is 6.92 Å². The quantitative estimate of drug-likeness (QED) is 0.343. The van der Waals surface area contributed by atoms with E-state index in [0.29, 0.717) is 12.2 Å². The van der Waals surface area contributed by atoms with Gasteiger partial charge < -0.3 is 20.6 Å². The van der Waals surface area contributed by atoms with Crippen molar-refractivity contribution in [2.45, 2.75) is 26.8 Å². The molecular weight excluding hydrogens is 246 g/mol. The highest BCUT2D eigenvalue weighted by Gasteiger charge is 2.24. The number of nitrogens with two attached hydrogens (primary N) is 1. The van der Waals surface area contributed by atoms with Gasteiger partial charge in [0.1, 0.15) is 5.82 Å². The Morgan fingerprint density at radius 1 is 1.63 bits per heavy atom. The van der Waals surface area contributed by atoms with Gasteiger partial charge in [-0.3, -0.25) is 4.68 Å². The van der Waals surface area contributed by atoms with Crippen molar-refractivity contribution in [2.75, 3.05) is 25.2 Å². The van der Waals surface area contributed by atoms with E-state index in [2.05, 4.69) is 22.1 Å². The Kier molecular flexibility index (Phi) is 5.17. The van der Waals surface area contributed by atoms with Crippen LogP contribution < -0.4 is 10.6 Å². The number of hydrogen-bond donors (Lipinski definition) is 2. The predicted octanol–water partition coefficient (Wildman–Crippen LogP) is 0.684. The van der Waals surface area contributed by atoms with E-state index in [-0.39, 0.29) is 11.9 Å². The van der Waals surface area contributed by atoms with Gasteiger partial charge in [-0.2, -0.15) is 5.10 Å². The second-order valence-corrected chi connectivity index (χ2v) is 4.48. The highest BCUT2D eigenvalue weighted by molar-refractivity contribution is 6.02. The van der Waals surface area contributed by atoms with Gasteiger partial charge in [0.2, 0.25) is 0 Å². The maximum absolute atomic E-state index is 8.93. The van der Waals surface area contributed by atoms with E-state index in [1.54, 1.807) is 11.8 Å². The summed E-state index contributed by atoms with van der Waals surface area (Å²) >= 11 is 0. The summed E-state index contributed by atoms with van der Waals surface area (Å²) in [5.41, 5.74) is 7.16. The molecule has 0 amide bonds. The fourth-order valence-electron chi connectivity index (χ4n) is 2.33. The lowest BCUT2D eigenvalue weighted by molar-refractivity contribution is 0.181. The molecule has 0 aliphatic carbocycles. The molecule has 1 unspecified atom stereocenters. The second-order valence-electron chi connectivity index (χ2n) is 4.48. The number of methoxy groups -OCH3 is 1. The third-order valence-electron chi connectivity index (χ3n) is 3.11. The molecule has 0 aliphatic rings. The molecule has 1 rings (SSSR count). The lowest BCUT2D eigenvalue weighted by Gasteiger charge is -2.30. The van der Waals surface area contributed by atoms with E-state index in [4.69, 9.17) is 15.7 Å². The van der Waals surface area contributed by atoms with Crippen LogP contribution in [0.5, 0.6) is 0 Å². The SMILES string of the molecule is CCN(c1c(C(N)=NO)c(C)nn1C)C(C)COC. The van der Waals surface area contributed by atoms with Crippen molar-refractivity contribution in [1.29, 1.82) is 0 Å². The van der Waals surface area contributed by atoms with Gasteiger partial charge in [-0.15, -0.1) is 0 Å². The van der Waals surface area contributed by atoms with Gasteiger partial charge in [0, 0.05) is 20.7 Å². The predicted molar refractivity (Wildman–Crippen MR) is 74.8 cm³/mol. The van der Waals surface area contributed by atoms with Crippen LogP contribution in [0.25, 0.3) is 0 Å². The topological polar surface area (TPSA) is 88.9 Å². The number of aryl methyl sites for hydroxylation is 2. The Morgan fingerprint density at radius 3 is 2.74 bits per heavy atom. The summed E-state index contributed by atoms with van der Waals surface area (Å²) in [6.45, 7) is 7.31. The molecule has 0 saturated heterocycles. The van der Waals surface area contributed by atoms with Crippen LogP contribution in [0.3, 0.4) is 0 Å². The Morgan fingerprint density at radius 2 is 2.26 bits per heavy atom. The van der Waals surface area contributed by atoms with E-state index < -0.39 is 0 Å².